The second kappa shape index (κ2) is 4.48. The van der Waals surface area contributed by atoms with Gasteiger partial charge in [0.05, 0.1) is 6.54 Å². The zero-order valence-electron chi connectivity index (χ0n) is 9.41. The highest BCUT2D eigenvalue weighted by atomic mass is 19.4. The van der Waals surface area contributed by atoms with E-state index in [1.165, 1.54) is 4.90 Å². The summed E-state index contributed by atoms with van der Waals surface area (Å²) in [6.07, 6.45) is -1.32. The summed E-state index contributed by atoms with van der Waals surface area (Å²) in [5.41, 5.74) is 0. The van der Waals surface area contributed by atoms with Crippen LogP contribution in [0.1, 0.15) is 32.1 Å². The van der Waals surface area contributed by atoms with Crippen LogP contribution in [0.5, 0.6) is 0 Å². The van der Waals surface area contributed by atoms with Gasteiger partial charge in [0.15, 0.2) is 0 Å². The van der Waals surface area contributed by atoms with Crippen molar-refractivity contribution in [3.05, 3.63) is 0 Å². The van der Waals surface area contributed by atoms with Gasteiger partial charge in [0.2, 0.25) is 0 Å². The lowest BCUT2D eigenvalue weighted by molar-refractivity contribution is -0.158. The molecule has 17 heavy (non-hydrogen) atoms. The third-order valence-corrected chi connectivity index (χ3v) is 3.81. The molecule has 2 atom stereocenters. The fourth-order valence-corrected chi connectivity index (χ4v) is 3.27. The van der Waals surface area contributed by atoms with E-state index in [1.807, 2.05) is 0 Å². The Morgan fingerprint density at radius 2 is 1.76 bits per heavy atom. The number of carboxylic acids is 1. The third kappa shape index (κ3) is 3.12. The molecule has 0 aromatic heterocycles. The van der Waals surface area contributed by atoms with Gasteiger partial charge < -0.3 is 5.11 Å². The first-order valence-corrected chi connectivity index (χ1v) is 5.89. The Labute approximate surface area is 97.6 Å². The van der Waals surface area contributed by atoms with E-state index in [4.69, 9.17) is 5.11 Å². The van der Waals surface area contributed by atoms with Crippen LogP contribution in [0, 0.1) is 5.92 Å². The van der Waals surface area contributed by atoms with Crippen LogP contribution in [0.2, 0.25) is 0 Å². The third-order valence-electron chi connectivity index (χ3n) is 3.81. The predicted molar refractivity (Wildman–Crippen MR) is 54.5 cm³/mol. The lowest BCUT2D eigenvalue weighted by Crippen LogP contribution is -2.47. The van der Waals surface area contributed by atoms with Crippen LogP contribution in [0.25, 0.3) is 0 Å². The number of halogens is 3. The number of piperidine rings is 1. The van der Waals surface area contributed by atoms with Crippen molar-refractivity contribution in [1.82, 2.24) is 4.90 Å². The summed E-state index contributed by atoms with van der Waals surface area (Å²) in [5.74, 6) is -0.798. The van der Waals surface area contributed by atoms with Crippen molar-refractivity contribution in [2.75, 3.05) is 6.54 Å². The van der Waals surface area contributed by atoms with E-state index in [1.54, 1.807) is 0 Å². The molecule has 0 saturated carbocycles. The molecule has 2 saturated heterocycles. The Balaban J connectivity index is 1.96. The van der Waals surface area contributed by atoms with Crippen molar-refractivity contribution in [2.24, 2.45) is 5.92 Å². The Morgan fingerprint density at radius 1 is 1.24 bits per heavy atom. The lowest BCUT2D eigenvalue weighted by Gasteiger charge is -2.38. The van der Waals surface area contributed by atoms with Crippen molar-refractivity contribution < 1.29 is 23.1 Å². The van der Waals surface area contributed by atoms with Gasteiger partial charge in [0, 0.05) is 18.5 Å². The molecule has 98 valence electrons. The summed E-state index contributed by atoms with van der Waals surface area (Å²) >= 11 is 0. The maximum atomic E-state index is 12.4. The van der Waals surface area contributed by atoms with Crippen LogP contribution in [0.3, 0.4) is 0 Å². The van der Waals surface area contributed by atoms with E-state index in [0.717, 1.165) is 12.8 Å². The van der Waals surface area contributed by atoms with Gasteiger partial charge in [-0.15, -0.1) is 0 Å². The first-order valence-electron chi connectivity index (χ1n) is 5.89. The molecular weight excluding hydrogens is 235 g/mol. The average molecular weight is 251 g/mol. The summed E-state index contributed by atoms with van der Waals surface area (Å²) in [4.78, 5) is 12.1. The minimum Gasteiger partial charge on any atom is -0.481 e. The largest absolute Gasteiger partial charge is 0.481 e. The summed E-state index contributed by atoms with van der Waals surface area (Å²) in [6, 6.07) is -0.139. The van der Waals surface area contributed by atoms with Crippen LogP contribution >= 0.6 is 0 Å². The Morgan fingerprint density at radius 3 is 2.18 bits per heavy atom. The lowest BCUT2D eigenvalue weighted by atomic mass is 9.88. The van der Waals surface area contributed by atoms with Crippen molar-refractivity contribution in [1.29, 1.82) is 0 Å². The summed E-state index contributed by atoms with van der Waals surface area (Å²) < 4.78 is 37.2. The van der Waals surface area contributed by atoms with Gasteiger partial charge in [0.25, 0.3) is 0 Å². The first-order chi connectivity index (χ1) is 7.85. The van der Waals surface area contributed by atoms with E-state index in [2.05, 4.69) is 0 Å². The number of rotatable bonds is 3. The van der Waals surface area contributed by atoms with Gasteiger partial charge in [-0.3, -0.25) is 9.69 Å². The topological polar surface area (TPSA) is 40.5 Å². The van der Waals surface area contributed by atoms with Gasteiger partial charge in [-0.2, -0.15) is 13.2 Å². The highest BCUT2D eigenvalue weighted by molar-refractivity contribution is 5.67. The van der Waals surface area contributed by atoms with Crippen LogP contribution < -0.4 is 0 Å². The number of fused-ring (bicyclic) bond motifs is 2. The highest BCUT2D eigenvalue weighted by Crippen LogP contribution is 2.41. The second-order valence-electron chi connectivity index (χ2n) is 5.11. The van der Waals surface area contributed by atoms with E-state index in [9.17, 15) is 18.0 Å². The number of carbonyl (C=O) groups is 1. The molecule has 0 aromatic rings. The molecule has 0 amide bonds. The molecule has 2 rings (SSSR count). The molecule has 2 fully saturated rings. The van der Waals surface area contributed by atoms with Crippen molar-refractivity contribution >= 4 is 5.97 Å². The fourth-order valence-electron chi connectivity index (χ4n) is 3.27. The van der Waals surface area contributed by atoms with Gasteiger partial charge in [-0.05, 0) is 31.6 Å². The highest BCUT2D eigenvalue weighted by Gasteiger charge is 2.45. The standard InChI is InChI=1S/C11H16F3NO2/c12-11(13,14)6-15-8-1-2-9(15)4-7(3-8)5-10(16)17/h7-9H,1-6H2,(H,16,17). The Kier molecular flexibility index (Phi) is 3.34. The molecule has 0 radical (unpaired) electrons. The first kappa shape index (κ1) is 12.7. The SMILES string of the molecule is O=C(O)CC1CC2CCC(C1)N2CC(F)(F)F. The Bertz CT molecular complexity index is 292. The number of alkyl halides is 3. The summed E-state index contributed by atoms with van der Waals surface area (Å²) in [6.45, 7) is -0.845. The van der Waals surface area contributed by atoms with Crippen LogP contribution in [0.15, 0.2) is 0 Å². The van der Waals surface area contributed by atoms with Crippen molar-refractivity contribution in [2.45, 2.75) is 50.4 Å². The molecule has 2 aliphatic heterocycles. The predicted octanol–water partition coefficient (Wildman–Crippen LogP) is 2.27. The van der Waals surface area contributed by atoms with Gasteiger partial charge in [-0.25, -0.2) is 0 Å². The molecule has 0 aromatic carbocycles. The molecule has 3 nitrogen and oxygen atoms in total. The minimum atomic E-state index is -4.15. The number of hydrogen-bond acceptors (Lipinski definition) is 2. The zero-order valence-corrected chi connectivity index (χ0v) is 9.41. The zero-order chi connectivity index (χ0) is 12.6. The van der Waals surface area contributed by atoms with E-state index >= 15 is 0 Å². The molecule has 1 N–H and O–H groups in total. The number of nitrogens with zero attached hydrogens (tertiary/aromatic N) is 1. The second-order valence-corrected chi connectivity index (χ2v) is 5.11. The van der Waals surface area contributed by atoms with Crippen LogP contribution in [-0.4, -0.2) is 40.8 Å². The smallest absolute Gasteiger partial charge is 0.401 e. The summed E-state index contributed by atoms with van der Waals surface area (Å²) in [5, 5.41) is 8.72. The van der Waals surface area contributed by atoms with Crippen LogP contribution in [-0.2, 0) is 4.79 Å². The average Bonchev–Trinajstić information content (AvgIpc) is 2.42. The molecular formula is C11H16F3NO2. The van der Waals surface area contributed by atoms with Crippen LogP contribution in [0.4, 0.5) is 13.2 Å². The fraction of sp³-hybridized carbons (Fsp3) is 0.909. The molecule has 0 aliphatic carbocycles. The quantitative estimate of drug-likeness (QED) is 0.836. The van der Waals surface area contributed by atoms with Gasteiger partial charge in [0.1, 0.15) is 0 Å². The van der Waals surface area contributed by atoms with Crippen molar-refractivity contribution in [3.63, 3.8) is 0 Å². The maximum absolute atomic E-state index is 12.4. The number of aliphatic carboxylic acids is 1. The molecule has 2 bridgehead atoms. The molecule has 2 aliphatic rings. The number of carboxylic acid groups (broad SMARTS) is 1. The normalized spacial score (nSPS) is 33.9. The molecule has 2 heterocycles. The van der Waals surface area contributed by atoms with Gasteiger partial charge in [-0.1, -0.05) is 0 Å². The minimum absolute atomic E-state index is 0.0504. The Hall–Kier alpha value is -0.780. The summed E-state index contributed by atoms with van der Waals surface area (Å²) in [7, 11) is 0. The molecule has 2 unspecified atom stereocenters. The van der Waals surface area contributed by atoms with Gasteiger partial charge >= 0.3 is 12.1 Å². The van der Waals surface area contributed by atoms with E-state index < -0.39 is 18.7 Å². The number of hydrogen-bond donors (Lipinski definition) is 1. The molecule has 6 heteroatoms. The van der Waals surface area contributed by atoms with E-state index in [0.29, 0.717) is 12.8 Å². The van der Waals surface area contributed by atoms with Crippen molar-refractivity contribution in [3.8, 4) is 0 Å². The maximum Gasteiger partial charge on any atom is 0.401 e. The van der Waals surface area contributed by atoms with E-state index in [-0.39, 0.29) is 24.4 Å². The molecule has 0 spiro atoms. The monoisotopic (exact) mass is 251 g/mol.